The molecule has 20 heavy (non-hydrogen) atoms. The predicted molar refractivity (Wildman–Crippen MR) is 85.8 cm³/mol. The Bertz CT molecular complexity index is 558. The van der Waals surface area contributed by atoms with Gasteiger partial charge in [-0.3, -0.25) is 9.36 Å². The third-order valence-corrected chi connectivity index (χ3v) is 2.86. The number of benzene rings is 1. The summed E-state index contributed by atoms with van der Waals surface area (Å²) in [6, 6.07) is 9.92. The van der Waals surface area contributed by atoms with Gasteiger partial charge in [-0.05, 0) is 32.9 Å². The van der Waals surface area contributed by atoms with E-state index >= 15 is 0 Å². The summed E-state index contributed by atoms with van der Waals surface area (Å²) >= 11 is 0. The first kappa shape index (κ1) is 18.6. The molecule has 0 fully saturated rings. The quantitative estimate of drug-likeness (QED) is 0.946. The maximum Gasteiger partial charge on any atom is 0.232 e. The van der Waals surface area contributed by atoms with E-state index in [1.54, 1.807) is 4.57 Å². The lowest BCUT2D eigenvalue weighted by Crippen LogP contribution is -2.37. The number of rotatable bonds is 3. The Morgan fingerprint density at radius 1 is 1.20 bits per heavy atom. The zero-order chi connectivity index (χ0) is 13.2. The van der Waals surface area contributed by atoms with Crippen molar-refractivity contribution in [2.45, 2.75) is 32.7 Å². The molecule has 0 amide bonds. The molecular formula is C15H23ClN2O2. The van der Waals surface area contributed by atoms with E-state index in [2.05, 4.69) is 26.1 Å². The average Bonchev–Trinajstić information content (AvgIpc) is 2.70. The van der Waals surface area contributed by atoms with Crippen LogP contribution in [0.5, 0.6) is 0 Å². The summed E-state index contributed by atoms with van der Waals surface area (Å²) in [6.45, 7) is 7.00. The molecule has 0 spiro atoms. The molecule has 112 valence electrons. The van der Waals surface area contributed by atoms with Gasteiger partial charge in [0, 0.05) is 30.1 Å². The Labute approximate surface area is 125 Å². The number of carbonyl (C=O) groups is 1. The minimum atomic E-state index is 0. The van der Waals surface area contributed by atoms with E-state index in [9.17, 15) is 4.79 Å². The van der Waals surface area contributed by atoms with Crippen molar-refractivity contribution in [1.29, 1.82) is 0 Å². The smallest absolute Gasteiger partial charge is 0.232 e. The summed E-state index contributed by atoms with van der Waals surface area (Å²) in [5, 5.41) is 4.43. The van der Waals surface area contributed by atoms with Gasteiger partial charge in [0.15, 0.2) is 0 Å². The summed E-state index contributed by atoms with van der Waals surface area (Å²) in [7, 11) is 0. The highest BCUT2D eigenvalue weighted by Gasteiger charge is 2.11. The molecule has 0 saturated heterocycles. The van der Waals surface area contributed by atoms with Crippen molar-refractivity contribution in [2.24, 2.45) is 0 Å². The van der Waals surface area contributed by atoms with Crippen LogP contribution < -0.4 is 5.32 Å². The zero-order valence-electron chi connectivity index (χ0n) is 12.1. The molecule has 0 aliphatic heterocycles. The van der Waals surface area contributed by atoms with Crippen LogP contribution in [-0.4, -0.2) is 28.0 Å². The molecular weight excluding hydrogens is 276 g/mol. The van der Waals surface area contributed by atoms with E-state index in [-0.39, 0.29) is 29.3 Å². The van der Waals surface area contributed by atoms with Crippen LogP contribution in [0.2, 0.25) is 0 Å². The Hall–Kier alpha value is -1.36. The zero-order valence-corrected chi connectivity index (χ0v) is 13.0. The van der Waals surface area contributed by atoms with Crippen LogP contribution in [-0.2, 0) is 0 Å². The van der Waals surface area contributed by atoms with Gasteiger partial charge in [0.1, 0.15) is 0 Å². The first-order valence-corrected chi connectivity index (χ1v) is 6.32. The number of fused-ring (bicyclic) bond motifs is 1. The van der Waals surface area contributed by atoms with Gasteiger partial charge in [0.2, 0.25) is 5.91 Å². The van der Waals surface area contributed by atoms with Crippen molar-refractivity contribution >= 4 is 29.2 Å². The third-order valence-electron chi connectivity index (χ3n) is 2.86. The summed E-state index contributed by atoms with van der Waals surface area (Å²) in [4.78, 5) is 12.1. The fourth-order valence-corrected chi connectivity index (χ4v) is 1.97. The second-order valence-electron chi connectivity index (χ2n) is 5.57. The van der Waals surface area contributed by atoms with Crippen molar-refractivity contribution in [3.05, 3.63) is 36.5 Å². The molecule has 1 heterocycles. The highest BCUT2D eigenvalue weighted by atomic mass is 35.5. The number of halogens is 1. The Morgan fingerprint density at radius 2 is 1.85 bits per heavy atom. The standard InChI is InChI=1S/C15H20N2O.ClH.H2O/c1-15(2,3)16-10-8-14(18)17-11-9-12-6-4-5-7-13(12)17;;/h4-7,9,11,16H,8,10H2,1-3H3;1H;1H2. The molecule has 0 atom stereocenters. The fraction of sp³-hybridized carbons (Fsp3) is 0.400. The van der Waals surface area contributed by atoms with Gasteiger partial charge in [-0.1, -0.05) is 18.2 Å². The van der Waals surface area contributed by atoms with Crippen LogP contribution in [0.25, 0.3) is 10.9 Å². The largest absolute Gasteiger partial charge is 0.412 e. The van der Waals surface area contributed by atoms with Gasteiger partial charge in [-0.2, -0.15) is 0 Å². The number of para-hydroxylation sites is 1. The minimum absolute atomic E-state index is 0. The second-order valence-corrected chi connectivity index (χ2v) is 5.57. The van der Waals surface area contributed by atoms with E-state index in [4.69, 9.17) is 0 Å². The van der Waals surface area contributed by atoms with E-state index in [0.29, 0.717) is 13.0 Å². The van der Waals surface area contributed by atoms with Crippen LogP contribution >= 0.6 is 12.4 Å². The van der Waals surface area contributed by atoms with Crippen LogP contribution in [0, 0.1) is 0 Å². The Kier molecular flexibility index (Phi) is 6.92. The number of hydrogen-bond acceptors (Lipinski definition) is 2. The topological polar surface area (TPSA) is 65.5 Å². The monoisotopic (exact) mass is 298 g/mol. The summed E-state index contributed by atoms with van der Waals surface area (Å²) in [6.07, 6.45) is 2.36. The molecule has 0 saturated carbocycles. The lowest BCUT2D eigenvalue weighted by molar-refractivity contribution is 0.0906. The maximum atomic E-state index is 12.1. The van der Waals surface area contributed by atoms with Crippen LogP contribution in [0.15, 0.2) is 36.5 Å². The van der Waals surface area contributed by atoms with E-state index in [1.165, 1.54) is 0 Å². The summed E-state index contributed by atoms with van der Waals surface area (Å²) < 4.78 is 1.74. The molecule has 3 N–H and O–H groups in total. The maximum absolute atomic E-state index is 12.1. The number of nitrogens with zero attached hydrogens (tertiary/aromatic N) is 1. The van der Waals surface area contributed by atoms with Crippen LogP contribution in [0.1, 0.15) is 32.0 Å². The van der Waals surface area contributed by atoms with E-state index in [0.717, 1.165) is 10.9 Å². The number of carbonyl (C=O) groups excluding carboxylic acids is 1. The molecule has 0 unspecified atom stereocenters. The fourth-order valence-electron chi connectivity index (χ4n) is 1.97. The Balaban J connectivity index is 0.00000180. The molecule has 1 aromatic carbocycles. The van der Waals surface area contributed by atoms with Gasteiger partial charge in [0.05, 0.1) is 5.52 Å². The highest BCUT2D eigenvalue weighted by molar-refractivity contribution is 5.92. The predicted octanol–water partition coefficient (Wildman–Crippen LogP) is 2.66. The van der Waals surface area contributed by atoms with Crippen LogP contribution in [0.4, 0.5) is 0 Å². The van der Waals surface area contributed by atoms with E-state index < -0.39 is 0 Å². The van der Waals surface area contributed by atoms with Gasteiger partial charge in [-0.15, -0.1) is 12.4 Å². The molecule has 5 heteroatoms. The first-order valence-electron chi connectivity index (χ1n) is 6.32. The van der Waals surface area contributed by atoms with Crippen molar-refractivity contribution in [1.82, 2.24) is 9.88 Å². The Morgan fingerprint density at radius 3 is 2.50 bits per heavy atom. The first-order chi connectivity index (χ1) is 8.47. The number of hydrogen-bond donors (Lipinski definition) is 1. The van der Waals surface area contributed by atoms with Crippen molar-refractivity contribution in [3.63, 3.8) is 0 Å². The molecule has 0 aliphatic carbocycles. The van der Waals surface area contributed by atoms with E-state index in [1.807, 2.05) is 36.5 Å². The normalized spacial score (nSPS) is 10.8. The van der Waals surface area contributed by atoms with Gasteiger partial charge < -0.3 is 10.8 Å². The lowest BCUT2D eigenvalue weighted by Gasteiger charge is -2.20. The van der Waals surface area contributed by atoms with Crippen LogP contribution in [0.3, 0.4) is 0 Å². The SMILES string of the molecule is CC(C)(C)NCCC(=O)n1ccc2ccccc21.Cl.O. The number of nitrogens with one attached hydrogen (secondary N) is 1. The molecule has 1 aromatic heterocycles. The lowest BCUT2D eigenvalue weighted by atomic mass is 10.1. The molecule has 4 nitrogen and oxygen atoms in total. The highest BCUT2D eigenvalue weighted by Crippen LogP contribution is 2.15. The van der Waals surface area contributed by atoms with Crippen molar-refractivity contribution in [2.75, 3.05) is 6.54 Å². The second kappa shape index (κ2) is 7.43. The third kappa shape index (κ3) is 4.63. The molecule has 0 bridgehead atoms. The molecule has 0 radical (unpaired) electrons. The van der Waals surface area contributed by atoms with Gasteiger partial charge in [-0.25, -0.2) is 0 Å². The van der Waals surface area contributed by atoms with Gasteiger partial charge >= 0.3 is 0 Å². The van der Waals surface area contributed by atoms with Crippen molar-refractivity contribution < 1.29 is 10.3 Å². The molecule has 0 aliphatic rings. The molecule has 2 rings (SSSR count). The average molecular weight is 299 g/mol. The minimum Gasteiger partial charge on any atom is -0.412 e. The summed E-state index contributed by atoms with van der Waals surface area (Å²) in [5.41, 5.74) is 1.04. The molecule has 2 aromatic rings. The number of aromatic nitrogens is 1. The van der Waals surface area contributed by atoms with Gasteiger partial charge in [0.25, 0.3) is 0 Å². The summed E-state index contributed by atoms with van der Waals surface area (Å²) in [5.74, 6) is 0.132. The van der Waals surface area contributed by atoms with Crippen molar-refractivity contribution in [3.8, 4) is 0 Å².